The predicted octanol–water partition coefficient (Wildman–Crippen LogP) is 1.44. The number of carbonyl (C=O) groups excluding carboxylic acids is 2. The Kier molecular flexibility index (Phi) is 5.26. The van der Waals surface area contributed by atoms with Crippen molar-refractivity contribution in [1.82, 2.24) is 9.97 Å². The van der Waals surface area contributed by atoms with Gasteiger partial charge in [0.15, 0.2) is 5.82 Å². The normalized spacial score (nSPS) is 19.6. The van der Waals surface area contributed by atoms with Crippen molar-refractivity contribution in [1.29, 1.82) is 0 Å². The molecular weight excluding hydrogens is 396 g/mol. The number of amides is 2. The van der Waals surface area contributed by atoms with Crippen LogP contribution in [0.5, 0.6) is 5.75 Å². The van der Waals surface area contributed by atoms with E-state index in [4.69, 9.17) is 16.2 Å². The van der Waals surface area contributed by atoms with Crippen LogP contribution in [0.3, 0.4) is 0 Å². The van der Waals surface area contributed by atoms with E-state index < -0.39 is 5.91 Å². The quantitative estimate of drug-likeness (QED) is 0.620. The molecule has 0 spiro atoms. The van der Waals surface area contributed by atoms with Gasteiger partial charge in [-0.15, -0.1) is 0 Å². The maximum atomic E-state index is 13.0. The summed E-state index contributed by atoms with van der Waals surface area (Å²) in [4.78, 5) is 35.0. The molecule has 3 heterocycles. The summed E-state index contributed by atoms with van der Waals surface area (Å²) in [6.45, 7) is 5.18. The van der Waals surface area contributed by atoms with Gasteiger partial charge >= 0.3 is 0 Å². The highest BCUT2D eigenvalue weighted by Crippen LogP contribution is 2.42. The van der Waals surface area contributed by atoms with Crippen molar-refractivity contribution < 1.29 is 14.3 Å². The Morgan fingerprint density at radius 1 is 1.29 bits per heavy atom. The lowest BCUT2D eigenvalue weighted by molar-refractivity contribution is -0.121. The van der Waals surface area contributed by atoms with Crippen LogP contribution in [0.4, 0.5) is 11.4 Å². The van der Waals surface area contributed by atoms with Gasteiger partial charge in [-0.05, 0) is 32.4 Å². The van der Waals surface area contributed by atoms with E-state index in [0.717, 1.165) is 23.4 Å². The van der Waals surface area contributed by atoms with Crippen molar-refractivity contribution in [2.75, 3.05) is 23.3 Å². The molecule has 0 radical (unpaired) electrons. The highest BCUT2D eigenvalue weighted by molar-refractivity contribution is 6.24. The Balaban J connectivity index is 1.68. The minimum absolute atomic E-state index is 0.167. The molecule has 31 heavy (non-hydrogen) atoms. The van der Waals surface area contributed by atoms with Crippen LogP contribution in [0.2, 0.25) is 0 Å². The molecule has 2 aromatic rings. The van der Waals surface area contributed by atoms with Crippen molar-refractivity contribution >= 4 is 28.8 Å². The van der Waals surface area contributed by atoms with Crippen LogP contribution in [0.1, 0.15) is 31.7 Å². The molecule has 1 fully saturated rings. The Labute approximate surface area is 180 Å². The first-order valence-electron chi connectivity index (χ1n) is 10.2. The number of primary amides is 1. The molecule has 1 atom stereocenters. The zero-order chi connectivity index (χ0) is 22.2. The Hall–Kier alpha value is -3.62. The minimum Gasteiger partial charge on any atom is -0.487 e. The molecule has 1 unspecified atom stereocenters. The fourth-order valence-electron chi connectivity index (χ4n) is 4.09. The van der Waals surface area contributed by atoms with Gasteiger partial charge in [0.1, 0.15) is 11.4 Å². The van der Waals surface area contributed by atoms with Crippen LogP contribution in [0, 0.1) is 5.92 Å². The predicted molar refractivity (Wildman–Crippen MR) is 117 cm³/mol. The molecule has 1 aromatic carbocycles. The number of nitrogens with one attached hydrogen (secondary N) is 1. The summed E-state index contributed by atoms with van der Waals surface area (Å²) in [5.74, 6) is 0.0532. The van der Waals surface area contributed by atoms with Gasteiger partial charge in [-0.2, -0.15) is 0 Å². The Bertz CT molecular complexity index is 1050. The van der Waals surface area contributed by atoms with Gasteiger partial charge in [0, 0.05) is 49.7 Å². The molecule has 2 aliphatic rings. The second kappa shape index (κ2) is 7.90. The average molecular weight is 422 g/mol. The summed E-state index contributed by atoms with van der Waals surface area (Å²) in [7, 11) is 0. The fraction of sp³-hybridized carbons (Fsp3) is 0.364. The molecule has 2 aliphatic heterocycles. The number of hydrogen-bond donors (Lipinski definition) is 3. The lowest BCUT2D eigenvalue weighted by Crippen LogP contribution is -2.28. The molecule has 9 nitrogen and oxygen atoms in total. The number of hydrogen-bond acceptors (Lipinski definition) is 7. The van der Waals surface area contributed by atoms with E-state index in [0.29, 0.717) is 25.2 Å². The maximum Gasteiger partial charge on any atom is 0.261 e. The average Bonchev–Trinajstić information content (AvgIpc) is 3.32. The van der Waals surface area contributed by atoms with Crippen LogP contribution in [0.15, 0.2) is 36.8 Å². The van der Waals surface area contributed by atoms with Crippen molar-refractivity contribution in [3.63, 3.8) is 0 Å². The van der Waals surface area contributed by atoms with E-state index in [9.17, 15) is 9.59 Å². The first kappa shape index (κ1) is 20.6. The van der Waals surface area contributed by atoms with Crippen LogP contribution in [-0.4, -0.2) is 40.5 Å². The largest absolute Gasteiger partial charge is 0.487 e. The summed E-state index contributed by atoms with van der Waals surface area (Å²) >= 11 is 0. The fourth-order valence-corrected chi connectivity index (χ4v) is 4.09. The monoisotopic (exact) mass is 422 g/mol. The van der Waals surface area contributed by atoms with Gasteiger partial charge in [-0.1, -0.05) is 0 Å². The van der Waals surface area contributed by atoms with Crippen LogP contribution < -0.4 is 26.4 Å². The molecule has 1 aromatic heterocycles. The van der Waals surface area contributed by atoms with E-state index in [2.05, 4.69) is 15.3 Å². The molecule has 0 saturated carbocycles. The number of fused-ring (bicyclic) bond motifs is 1. The number of nitrogens with two attached hydrogens (primary N) is 2. The smallest absolute Gasteiger partial charge is 0.261 e. The summed E-state index contributed by atoms with van der Waals surface area (Å²) in [5.41, 5.74) is 13.5. The molecular formula is C22H26N6O3. The molecule has 1 saturated heterocycles. The van der Waals surface area contributed by atoms with E-state index >= 15 is 0 Å². The Morgan fingerprint density at radius 2 is 2.03 bits per heavy atom. The van der Waals surface area contributed by atoms with Crippen molar-refractivity contribution in [2.45, 2.75) is 32.3 Å². The van der Waals surface area contributed by atoms with E-state index in [-0.39, 0.29) is 28.8 Å². The van der Waals surface area contributed by atoms with Crippen molar-refractivity contribution in [3.8, 4) is 5.75 Å². The van der Waals surface area contributed by atoms with Gasteiger partial charge in [-0.25, -0.2) is 9.97 Å². The summed E-state index contributed by atoms with van der Waals surface area (Å²) in [6.07, 6.45) is 5.68. The first-order chi connectivity index (χ1) is 14.8. The van der Waals surface area contributed by atoms with E-state index in [1.807, 2.05) is 30.9 Å². The second-order valence-corrected chi connectivity index (χ2v) is 8.46. The van der Waals surface area contributed by atoms with Gasteiger partial charge in [0.2, 0.25) is 5.91 Å². The highest BCUT2D eigenvalue weighted by Gasteiger charge is 2.34. The standard InChI is InChI=1S/C22H26N6O3/c1-22(2)10-14-8-16(27-21(30)15(11-23)20-25-5-3-6-26-20)17(9-18(14)31-22)28-7-4-13(12-28)19(24)29/h3,5-6,8-9,11,13H,4,7,10,12,23H2,1-2H3,(H2,24,29)(H,27,30). The first-order valence-corrected chi connectivity index (χ1v) is 10.2. The number of rotatable bonds is 5. The number of benzene rings is 1. The lowest BCUT2D eigenvalue weighted by atomic mass is 10.0. The zero-order valence-corrected chi connectivity index (χ0v) is 17.6. The second-order valence-electron chi connectivity index (χ2n) is 8.46. The van der Waals surface area contributed by atoms with Gasteiger partial charge < -0.3 is 26.4 Å². The third-order valence-corrected chi connectivity index (χ3v) is 5.58. The summed E-state index contributed by atoms with van der Waals surface area (Å²) in [5, 5.41) is 2.96. The minimum atomic E-state index is -0.418. The maximum absolute atomic E-state index is 13.0. The number of ether oxygens (including phenoxy) is 1. The summed E-state index contributed by atoms with van der Waals surface area (Å²) in [6, 6.07) is 5.52. The van der Waals surface area contributed by atoms with Crippen LogP contribution in [0.25, 0.3) is 5.57 Å². The number of carbonyl (C=O) groups is 2. The number of aromatic nitrogens is 2. The molecule has 2 amide bonds. The topological polar surface area (TPSA) is 136 Å². The zero-order valence-electron chi connectivity index (χ0n) is 17.6. The molecule has 5 N–H and O–H groups in total. The van der Waals surface area contributed by atoms with Gasteiger partial charge in [0.25, 0.3) is 5.91 Å². The van der Waals surface area contributed by atoms with E-state index in [1.54, 1.807) is 18.5 Å². The van der Waals surface area contributed by atoms with Gasteiger partial charge in [-0.3, -0.25) is 9.59 Å². The van der Waals surface area contributed by atoms with Crippen molar-refractivity contribution in [2.24, 2.45) is 17.4 Å². The molecule has 162 valence electrons. The third-order valence-electron chi connectivity index (χ3n) is 5.58. The number of nitrogens with zero attached hydrogens (tertiary/aromatic N) is 3. The van der Waals surface area contributed by atoms with Crippen molar-refractivity contribution in [3.05, 3.63) is 48.2 Å². The molecule has 0 bridgehead atoms. The third kappa shape index (κ3) is 4.16. The molecule has 0 aliphatic carbocycles. The van der Waals surface area contributed by atoms with Gasteiger partial charge in [0.05, 0.1) is 22.9 Å². The lowest BCUT2D eigenvalue weighted by Gasteiger charge is -2.23. The highest BCUT2D eigenvalue weighted by atomic mass is 16.5. The van der Waals surface area contributed by atoms with Crippen LogP contribution in [-0.2, 0) is 16.0 Å². The van der Waals surface area contributed by atoms with E-state index in [1.165, 1.54) is 6.20 Å². The number of anilines is 2. The molecule has 9 heteroatoms. The molecule has 4 rings (SSSR count). The Morgan fingerprint density at radius 3 is 2.68 bits per heavy atom. The van der Waals surface area contributed by atoms with Crippen LogP contribution >= 0.6 is 0 Å². The SMILES string of the molecule is CC1(C)Cc2cc(NC(=O)C(=CN)c3ncccn3)c(N3CCC(C(N)=O)C3)cc2O1. The summed E-state index contributed by atoms with van der Waals surface area (Å²) < 4.78 is 6.08.